The zero-order chi connectivity index (χ0) is 21.5. The molecule has 0 saturated carbocycles. The van der Waals surface area contributed by atoms with Gasteiger partial charge in [0.25, 0.3) is 5.56 Å². The van der Waals surface area contributed by atoms with Gasteiger partial charge in [-0.15, -0.1) is 11.3 Å². The van der Waals surface area contributed by atoms with Crippen molar-refractivity contribution < 1.29 is 0 Å². The highest BCUT2D eigenvalue weighted by Gasteiger charge is 2.26. The second-order valence-corrected chi connectivity index (χ2v) is 9.29. The Balaban J connectivity index is 1.47. The average molecular weight is 431 g/mol. The van der Waals surface area contributed by atoms with Crippen LogP contribution in [0.25, 0.3) is 21.3 Å². The Kier molecular flexibility index (Phi) is 5.02. The van der Waals surface area contributed by atoms with Crippen LogP contribution in [0.3, 0.4) is 0 Å². The number of aromatic nitrogens is 2. The molecule has 0 aliphatic carbocycles. The molecule has 2 aromatic carbocycles. The van der Waals surface area contributed by atoms with Gasteiger partial charge in [0.05, 0.1) is 5.52 Å². The van der Waals surface area contributed by atoms with Gasteiger partial charge < -0.3 is 9.80 Å². The highest BCUT2D eigenvalue weighted by molar-refractivity contribution is 7.17. The number of hydrogen-bond donors (Lipinski definition) is 1. The lowest BCUT2D eigenvalue weighted by atomic mass is 10.1. The number of rotatable bonds is 3. The van der Waals surface area contributed by atoms with E-state index in [0.717, 1.165) is 36.3 Å². The predicted molar refractivity (Wildman–Crippen MR) is 131 cm³/mol. The van der Waals surface area contributed by atoms with E-state index in [4.69, 9.17) is 4.98 Å². The average Bonchev–Trinajstić information content (AvgIpc) is 3.18. The molecule has 1 aliphatic rings. The van der Waals surface area contributed by atoms with Gasteiger partial charge in [-0.2, -0.15) is 0 Å². The molecule has 158 valence electrons. The standard InChI is InChI=1S/C25H26N4OS/c1-16-6-4-8-19(12-16)21-15-31-23-22(21)26-25(27-24(23)30)28-10-11-29(18(3)14-28)20-9-5-7-17(2)13-20/h4-9,12-13,15,18H,10-11,14H2,1-3H3,(H,26,27,30). The van der Waals surface area contributed by atoms with Crippen LogP contribution in [-0.4, -0.2) is 35.6 Å². The molecule has 0 spiro atoms. The van der Waals surface area contributed by atoms with Crippen LogP contribution in [0.1, 0.15) is 18.1 Å². The molecule has 6 heteroatoms. The van der Waals surface area contributed by atoms with Gasteiger partial charge in [-0.05, 0) is 44.0 Å². The van der Waals surface area contributed by atoms with Crippen molar-refractivity contribution in [3.05, 3.63) is 75.4 Å². The zero-order valence-electron chi connectivity index (χ0n) is 18.1. The minimum absolute atomic E-state index is 0.0577. The number of piperazine rings is 1. The second kappa shape index (κ2) is 7.85. The van der Waals surface area contributed by atoms with Crippen molar-refractivity contribution in [3.8, 4) is 11.1 Å². The number of thiophene rings is 1. The van der Waals surface area contributed by atoms with Crippen LogP contribution in [-0.2, 0) is 0 Å². The van der Waals surface area contributed by atoms with E-state index in [9.17, 15) is 4.79 Å². The van der Waals surface area contributed by atoms with Crippen molar-refractivity contribution in [2.45, 2.75) is 26.8 Å². The predicted octanol–water partition coefficient (Wildman–Crippen LogP) is 4.98. The van der Waals surface area contributed by atoms with E-state index >= 15 is 0 Å². The molecule has 0 bridgehead atoms. The largest absolute Gasteiger partial charge is 0.365 e. The molecular weight excluding hydrogens is 404 g/mol. The number of benzene rings is 2. The molecule has 4 aromatic rings. The second-order valence-electron chi connectivity index (χ2n) is 8.41. The lowest BCUT2D eigenvalue weighted by Crippen LogP contribution is -2.52. The molecule has 3 heterocycles. The Morgan fingerprint density at radius 2 is 1.84 bits per heavy atom. The van der Waals surface area contributed by atoms with E-state index in [-0.39, 0.29) is 5.56 Å². The summed E-state index contributed by atoms with van der Waals surface area (Å²) in [4.78, 5) is 25.4. The summed E-state index contributed by atoms with van der Waals surface area (Å²) in [5.41, 5.74) is 6.59. The molecule has 5 nitrogen and oxygen atoms in total. The van der Waals surface area contributed by atoms with Crippen molar-refractivity contribution >= 4 is 33.2 Å². The van der Waals surface area contributed by atoms with Crippen molar-refractivity contribution in [2.75, 3.05) is 29.4 Å². The van der Waals surface area contributed by atoms with E-state index < -0.39 is 0 Å². The van der Waals surface area contributed by atoms with Gasteiger partial charge in [0, 0.05) is 42.3 Å². The molecular formula is C25H26N4OS. The molecule has 1 unspecified atom stereocenters. The monoisotopic (exact) mass is 430 g/mol. The molecule has 2 aromatic heterocycles. The minimum Gasteiger partial charge on any atom is -0.365 e. The first-order chi connectivity index (χ1) is 15.0. The fourth-order valence-electron chi connectivity index (χ4n) is 4.42. The van der Waals surface area contributed by atoms with E-state index in [0.29, 0.717) is 16.7 Å². The molecule has 0 amide bonds. The quantitative estimate of drug-likeness (QED) is 0.498. The Hall–Kier alpha value is -3.12. The van der Waals surface area contributed by atoms with Crippen molar-refractivity contribution in [3.63, 3.8) is 0 Å². The maximum absolute atomic E-state index is 12.8. The molecule has 1 atom stereocenters. The van der Waals surface area contributed by atoms with E-state index in [1.165, 1.54) is 28.2 Å². The number of aromatic amines is 1. The van der Waals surface area contributed by atoms with Crippen LogP contribution in [0.15, 0.2) is 58.7 Å². The number of aryl methyl sites for hydroxylation is 2. The summed E-state index contributed by atoms with van der Waals surface area (Å²) in [6.45, 7) is 8.96. The number of nitrogens with one attached hydrogen (secondary N) is 1. The van der Waals surface area contributed by atoms with Crippen molar-refractivity contribution in [2.24, 2.45) is 0 Å². The molecule has 1 aliphatic heterocycles. The summed E-state index contributed by atoms with van der Waals surface area (Å²) < 4.78 is 0.687. The summed E-state index contributed by atoms with van der Waals surface area (Å²) in [7, 11) is 0. The molecule has 5 rings (SSSR count). The zero-order valence-corrected chi connectivity index (χ0v) is 18.9. The van der Waals surface area contributed by atoms with Crippen molar-refractivity contribution in [1.29, 1.82) is 0 Å². The molecule has 31 heavy (non-hydrogen) atoms. The summed E-state index contributed by atoms with van der Waals surface area (Å²) >= 11 is 1.46. The SMILES string of the molecule is Cc1cccc(-c2csc3c(=O)[nH]c(N4CCN(c5cccc(C)c5)C(C)C4)nc23)c1. The van der Waals surface area contributed by atoms with Gasteiger partial charge in [-0.25, -0.2) is 4.98 Å². The first kappa shape index (κ1) is 19.8. The van der Waals surface area contributed by atoms with Crippen LogP contribution in [0.5, 0.6) is 0 Å². The number of hydrogen-bond acceptors (Lipinski definition) is 5. The Morgan fingerprint density at radius 1 is 1.06 bits per heavy atom. The third kappa shape index (κ3) is 3.72. The summed E-state index contributed by atoms with van der Waals surface area (Å²) in [5.74, 6) is 0.667. The number of nitrogens with zero attached hydrogens (tertiary/aromatic N) is 3. The Labute approximate surface area is 186 Å². The van der Waals surface area contributed by atoms with Crippen LogP contribution in [0, 0.1) is 13.8 Å². The van der Waals surface area contributed by atoms with Gasteiger partial charge in [-0.3, -0.25) is 9.78 Å². The molecule has 0 radical (unpaired) electrons. The number of H-pyrrole nitrogens is 1. The fourth-order valence-corrected chi connectivity index (χ4v) is 5.33. The Bertz CT molecular complexity index is 1310. The van der Waals surface area contributed by atoms with Crippen molar-refractivity contribution in [1.82, 2.24) is 9.97 Å². The van der Waals surface area contributed by atoms with Gasteiger partial charge >= 0.3 is 0 Å². The normalized spacial score (nSPS) is 16.8. The van der Waals surface area contributed by atoms with Gasteiger partial charge in [-0.1, -0.05) is 42.0 Å². The van der Waals surface area contributed by atoms with E-state index in [1.807, 2.05) is 5.38 Å². The summed E-state index contributed by atoms with van der Waals surface area (Å²) in [5, 5.41) is 2.05. The highest BCUT2D eigenvalue weighted by Crippen LogP contribution is 2.32. The topological polar surface area (TPSA) is 52.2 Å². The van der Waals surface area contributed by atoms with Gasteiger partial charge in [0.2, 0.25) is 5.95 Å². The van der Waals surface area contributed by atoms with Crippen LogP contribution < -0.4 is 15.4 Å². The molecule has 1 N–H and O–H groups in total. The van der Waals surface area contributed by atoms with E-state index in [2.05, 4.69) is 84.1 Å². The lowest BCUT2D eigenvalue weighted by molar-refractivity contribution is 0.543. The minimum atomic E-state index is -0.0577. The van der Waals surface area contributed by atoms with Gasteiger partial charge in [0.15, 0.2) is 0 Å². The third-order valence-electron chi connectivity index (χ3n) is 6.00. The summed E-state index contributed by atoms with van der Waals surface area (Å²) in [6, 6.07) is 17.3. The number of anilines is 2. The summed E-state index contributed by atoms with van der Waals surface area (Å²) in [6.07, 6.45) is 0. The van der Waals surface area contributed by atoms with Crippen LogP contribution in [0.4, 0.5) is 11.6 Å². The third-order valence-corrected chi connectivity index (χ3v) is 6.97. The smallest absolute Gasteiger partial charge is 0.270 e. The Morgan fingerprint density at radius 3 is 2.58 bits per heavy atom. The molecule has 1 fully saturated rings. The number of fused-ring (bicyclic) bond motifs is 1. The fraction of sp³-hybridized carbons (Fsp3) is 0.280. The maximum Gasteiger partial charge on any atom is 0.270 e. The maximum atomic E-state index is 12.8. The lowest BCUT2D eigenvalue weighted by Gasteiger charge is -2.41. The van der Waals surface area contributed by atoms with Crippen LogP contribution in [0.2, 0.25) is 0 Å². The highest BCUT2D eigenvalue weighted by atomic mass is 32.1. The first-order valence-corrected chi connectivity index (χ1v) is 11.5. The molecule has 1 saturated heterocycles. The first-order valence-electron chi connectivity index (χ1n) is 10.7. The van der Waals surface area contributed by atoms with Gasteiger partial charge in [0.1, 0.15) is 4.70 Å². The van der Waals surface area contributed by atoms with Crippen LogP contribution >= 0.6 is 11.3 Å². The van der Waals surface area contributed by atoms with E-state index in [1.54, 1.807) is 0 Å².